The van der Waals surface area contributed by atoms with Crippen LogP contribution in [0.25, 0.3) is 0 Å². The molecule has 2 fully saturated rings. The molecule has 3 atom stereocenters. The lowest BCUT2D eigenvalue weighted by Gasteiger charge is -2.38. The summed E-state index contributed by atoms with van der Waals surface area (Å²) in [7, 11) is 0. The molecule has 4 N–H and O–H groups in total. The lowest BCUT2D eigenvalue weighted by molar-refractivity contribution is -0.123. The van der Waals surface area contributed by atoms with Crippen LogP contribution in [0.5, 0.6) is 0 Å². The van der Waals surface area contributed by atoms with Crippen LogP contribution in [0, 0.1) is 0 Å². The predicted octanol–water partition coefficient (Wildman–Crippen LogP) is 0.596. The fourth-order valence-corrected chi connectivity index (χ4v) is 3.22. The van der Waals surface area contributed by atoms with Crippen LogP contribution in [0.1, 0.15) is 45.4 Å². The van der Waals surface area contributed by atoms with E-state index in [2.05, 4.69) is 11.8 Å². The predicted molar refractivity (Wildman–Crippen MR) is 63.8 cm³/mol. The number of piperidine rings is 1. The van der Waals surface area contributed by atoms with E-state index in [4.69, 9.17) is 11.5 Å². The molecule has 1 heterocycles. The molecule has 3 unspecified atom stereocenters. The quantitative estimate of drug-likeness (QED) is 0.722. The van der Waals surface area contributed by atoms with Gasteiger partial charge in [0.1, 0.15) is 0 Å². The van der Waals surface area contributed by atoms with Crippen molar-refractivity contribution in [1.29, 1.82) is 0 Å². The van der Waals surface area contributed by atoms with Crippen molar-refractivity contribution < 1.29 is 4.79 Å². The topological polar surface area (TPSA) is 72.3 Å². The second-order valence-electron chi connectivity index (χ2n) is 5.50. The SMILES string of the molecule is CC1CCCCN1C1CCC(N)(C(N)=O)C1. The fourth-order valence-electron chi connectivity index (χ4n) is 3.22. The Hall–Kier alpha value is -0.610. The van der Waals surface area contributed by atoms with E-state index in [-0.39, 0.29) is 5.91 Å². The van der Waals surface area contributed by atoms with Gasteiger partial charge >= 0.3 is 0 Å². The number of primary amides is 1. The molecule has 0 bridgehead atoms. The number of likely N-dealkylation sites (tertiary alicyclic amines) is 1. The molecule has 92 valence electrons. The Labute approximate surface area is 97.3 Å². The minimum Gasteiger partial charge on any atom is -0.368 e. The Morgan fingerprint density at radius 1 is 1.38 bits per heavy atom. The number of carbonyl (C=O) groups is 1. The Balaban J connectivity index is 2.00. The lowest BCUT2D eigenvalue weighted by atomic mass is 9.96. The van der Waals surface area contributed by atoms with Crippen molar-refractivity contribution in [1.82, 2.24) is 4.90 Å². The molecule has 1 aliphatic heterocycles. The monoisotopic (exact) mass is 225 g/mol. The molecule has 2 aliphatic rings. The normalized spacial score (nSPS) is 41.1. The summed E-state index contributed by atoms with van der Waals surface area (Å²) < 4.78 is 0. The van der Waals surface area contributed by atoms with Crippen molar-refractivity contribution in [2.75, 3.05) is 6.54 Å². The van der Waals surface area contributed by atoms with Crippen molar-refractivity contribution in [3.63, 3.8) is 0 Å². The van der Waals surface area contributed by atoms with E-state index < -0.39 is 5.54 Å². The summed E-state index contributed by atoms with van der Waals surface area (Å²) in [5.41, 5.74) is 10.7. The molecular formula is C12H23N3O. The van der Waals surface area contributed by atoms with E-state index in [1.807, 2.05) is 0 Å². The van der Waals surface area contributed by atoms with Crippen LogP contribution in [0.4, 0.5) is 0 Å². The molecule has 0 aromatic rings. The van der Waals surface area contributed by atoms with E-state index in [1.54, 1.807) is 0 Å². The van der Waals surface area contributed by atoms with E-state index in [1.165, 1.54) is 19.3 Å². The first-order valence-corrected chi connectivity index (χ1v) is 6.37. The van der Waals surface area contributed by atoms with E-state index in [0.717, 1.165) is 25.8 Å². The van der Waals surface area contributed by atoms with Gasteiger partial charge in [-0.3, -0.25) is 9.69 Å². The van der Waals surface area contributed by atoms with Crippen LogP contribution in [-0.2, 0) is 4.79 Å². The van der Waals surface area contributed by atoms with E-state index in [9.17, 15) is 4.79 Å². The van der Waals surface area contributed by atoms with Gasteiger partial charge in [-0.15, -0.1) is 0 Å². The summed E-state index contributed by atoms with van der Waals surface area (Å²) in [5.74, 6) is -0.334. The minimum absolute atomic E-state index is 0.334. The van der Waals surface area contributed by atoms with Crippen LogP contribution in [0.3, 0.4) is 0 Å². The third-order valence-electron chi connectivity index (χ3n) is 4.34. The van der Waals surface area contributed by atoms with Crippen molar-refractivity contribution in [2.45, 2.75) is 63.1 Å². The zero-order valence-electron chi connectivity index (χ0n) is 10.1. The van der Waals surface area contributed by atoms with E-state index >= 15 is 0 Å². The maximum atomic E-state index is 11.3. The minimum atomic E-state index is -0.748. The van der Waals surface area contributed by atoms with Crippen molar-refractivity contribution in [2.24, 2.45) is 11.5 Å². The van der Waals surface area contributed by atoms with Crippen molar-refractivity contribution in [3.8, 4) is 0 Å². The summed E-state index contributed by atoms with van der Waals surface area (Å²) in [6, 6.07) is 1.10. The number of amides is 1. The number of nitrogens with zero attached hydrogens (tertiary/aromatic N) is 1. The Bertz CT molecular complexity index is 281. The van der Waals surface area contributed by atoms with Gasteiger partial charge in [0.05, 0.1) is 5.54 Å². The molecule has 4 heteroatoms. The summed E-state index contributed by atoms with van der Waals surface area (Å²) in [4.78, 5) is 13.8. The van der Waals surface area contributed by atoms with Crippen LogP contribution < -0.4 is 11.5 Å². The molecule has 4 nitrogen and oxygen atoms in total. The highest BCUT2D eigenvalue weighted by atomic mass is 16.1. The number of hydrogen-bond acceptors (Lipinski definition) is 3. The van der Waals surface area contributed by atoms with Gasteiger partial charge in [0.2, 0.25) is 5.91 Å². The van der Waals surface area contributed by atoms with Gasteiger partial charge in [-0.05, 0) is 45.6 Å². The smallest absolute Gasteiger partial charge is 0.237 e. The van der Waals surface area contributed by atoms with Gasteiger partial charge in [-0.25, -0.2) is 0 Å². The van der Waals surface area contributed by atoms with Gasteiger partial charge in [0, 0.05) is 12.1 Å². The third-order valence-corrected chi connectivity index (χ3v) is 4.34. The Kier molecular flexibility index (Phi) is 3.22. The van der Waals surface area contributed by atoms with Crippen LogP contribution in [0.15, 0.2) is 0 Å². The second kappa shape index (κ2) is 4.34. The maximum absolute atomic E-state index is 11.3. The molecule has 2 rings (SSSR count). The second-order valence-corrected chi connectivity index (χ2v) is 5.50. The zero-order chi connectivity index (χ0) is 11.8. The summed E-state index contributed by atoms with van der Waals surface area (Å²) in [6.45, 7) is 3.43. The summed E-state index contributed by atoms with van der Waals surface area (Å²) in [6.07, 6.45) is 6.38. The van der Waals surface area contributed by atoms with Gasteiger partial charge in [0.25, 0.3) is 0 Å². The van der Waals surface area contributed by atoms with E-state index in [0.29, 0.717) is 12.1 Å². The molecule has 0 spiro atoms. The number of nitrogens with two attached hydrogens (primary N) is 2. The average Bonchev–Trinajstić information content (AvgIpc) is 2.63. The first-order valence-electron chi connectivity index (χ1n) is 6.37. The standard InChI is InChI=1S/C12H23N3O/c1-9-4-2-3-7-15(9)10-5-6-12(14,8-10)11(13)16/h9-10H,2-8,14H2,1H3,(H2,13,16). The first-order chi connectivity index (χ1) is 7.53. The highest BCUT2D eigenvalue weighted by Gasteiger charge is 2.43. The van der Waals surface area contributed by atoms with Crippen LogP contribution in [-0.4, -0.2) is 35.0 Å². The first kappa shape index (κ1) is 11.9. The van der Waals surface area contributed by atoms with Gasteiger partial charge in [-0.1, -0.05) is 6.42 Å². The maximum Gasteiger partial charge on any atom is 0.237 e. The van der Waals surface area contributed by atoms with Crippen LogP contribution >= 0.6 is 0 Å². The molecule has 16 heavy (non-hydrogen) atoms. The fraction of sp³-hybridized carbons (Fsp3) is 0.917. The number of hydrogen-bond donors (Lipinski definition) is 2. The number of carbonyl (C=O) groups excluding carboxylic acids is 1. The zero-order valence-corrected chi connectivity index (χ0v) is 10.1. The molecular weight excluding hydrogens is 202 g/mol. The van der Waals surface area contributed by atoms with Gasteiger partial charge in [-0.2, -0.15) is 0 Å². The van der Waals surface area contributed by atoms with Gasteiger partial charge < -0.3 is 11.5 Å². The molecule has 1 saturated heterocycles. The van der Waals surface area contributed by atoms with Crippen molar-refractivity contribution in [3.05, 3.63) is 0 Å². The largest absolute Gasteiger partial charge is 0.368 e. The Morgan fingerprint density at radius 2 is 2.12 bits per heavy atom. The molecule has 1 amide bonds. The van der Waals surface area contributed by atoms with Crippen molar-refractivity contribution >= 4 is 5.91 Å². The highest BCUT2D eigenvalue weighted by Crippen LogP contribution is 2.34. The Morgan fingerprint density at radius 3 is 2.69 bits per heavy atom. The lowest BCUT2D eigenvalue weighted by Crippen LogP contribution is -2.52. The third kappa shape index (κ3) is 2.09. The molecule has 0 aromatic carbocycles. The van der Waals surface area contributed by atoms with Gasteiger partial charge in [0.15, 0.2) is 0 Å². The molecule has 0 radical (unpaired) electrons. The molecule has 1 aliphatic carbocycles. The number of rotatable bonds is 2. The summed E-state index contributed by atoms with van der Waals surface area (Å²) in [5, 5.41) is 0. The molecule has 0 aromatic heterocycles. The highest BCUT2D eigenvalue weighted by molar-refractivity contribution is 5.84. The summed E-state index contributed by atoms with van der Waals surface area (Å²) >= 11 is 0. The van der Waals surface area contributed by atoms with Crippen LogP contribution in [0.2, 0.25) is 0 Å². The molecule has 1 saturated carbocycles. The average molecular weight is 225 g/mol.